The van der Waals surface area contributed by atoms with Crippen LogP contribution in [0.3, 0.4) is 0 Å². The number of fused-ring (bicyclic) bond motifs is 1. The summed E-state index contributed by atoms with van der Waals surface area (Å²) in [5.41, 5.74) is 0. The molecule has 2 N–H and O–H groups in total. The SMILES string of the molecule is O=C(NC(=S)NC[C@H]1COc2ccccc2O1)c1ccco1. The number of furan rings is 1. The van der Waals surface area contributed by atoms with Crippen molar-refractivity contribution >= 4 is 23.2 Å². The summed E-state index contributed by atoms with van der Waals surface area (Å²) in [6.45, 7) is 0.838. The number of benzene rings is 1. The minimum atomic E-state index is -0.395. The van der Waals surface area contributed by atoms with Gasteiger partial charge in [0, 0.05) is 0 Å². The van der Waals surface area contributed by atoms with Crippen molar-refractivity contribution < 1.29 is 18.7 Å². The largest absolute Gasteiger partial charge is 0.486 e. The fourth-order valence-electron chi connectivity index (χ4n) is 1.99. The van der Waals surface area contributed by atoms with E-state index in [9.17, 15) is 4.79 Å². The van der Waals surface area contributed by atoms with Crippen LogP contribution in [0.4, 0.5) is 0 Å². The maximum absolute atomic E-state index is 11.7. The van der Waals surface area contributed by atoms with Gasteiger partial charge in [0.15, 0.2) is 22.4 Å². The minimum Gasteiger partial charge on any atom is -0.486 e. The first-order valence-electron chi connectivity index (χ1n) is 6.73. The van der Waals surface area contributed by atoms with Crippen molar-refractivity contribution in [3.63, 3.8) is 0 Å². The summed E-state index contributed by atoms with van der Waals surface area (Å²) in [4.78, 5) is 11.7. The summed E-state index contributed by atoms with van der Waals surface area (Å²) < 4.78 is 16.4. The number of thiocarbonyl (C=S) groups is 1. The summed E-state index contributed by atoms with van der Waals surface area (Å²) in [6.07, 6.45) is 1.24. The average Bonchev–Trinajstić information content (AvgIpc) is 3.07. The second kappa shape index (κ2) is 6.48. The molecule has 1 atom stereocenters. The summed E-state index contributed by atoms with van der Waals surface area (Å²) in [5, 5.41) is 5.67. The van der Waals surface area contributed by atoms with Crippen molar-refractivity contribution in [2.45, 2.75) is 6.10 Å². The molecule has 0 saturated heterocycles. The highest BCUT2D eigenvalue weighted by molar-refractivity contribution is 7.80. The van der Waals surface area contributed by atoms with E-state index in [4.69, 9.17) is 26.1 Å². The zero-order valence-electron chi connectivity index (χ0n) is 11.6. The van der Waals surface area contributed by atoms with Gasteiger partial charge in [-0.2, -0.15) is 0 Å². The maximum Gasteiger partial charge on any atom is 0.293 e. The van der Waals surface area contributed by atoms with Gasteiger partial charge in [-0.1, -0.05) is 12.1 Å². The fraction of sp³-hybridized carbons (Fsp3) is 0.200. The van der Waals surface area contributed by atoms with Crippen LogP contribution in [0.15, 0.2) is 47.1 Å². The lowest BCUT2D eigenvalue weighted by atomic mass is 10.2. The number of ether oxygens (including phenoxy) is 2. The Bertz CT molecular complexity index is 672. The fourth-order valence-corrected chi connectivity index (χ4v) is 2.16. The first-order chi connectivity index (χ1) is 10.7. The normalized spacial score (nSPS) is 15.9. The van der Waals surface area contributed by atoms with Crippen LogP contribution < -0.4 is 20.1 Å². The van der Waals surface area contributed by atoms with Crippen LogP contribution in [-0.2, 0) is 0 Å². The van der Waals surface area contributed by atoms with Gasteiger partial charge in [-0.15, -0.1) is 0 Å². The minimum absolute atomic E-state index is 0.187. The monoisotopic (exact) mass is 318 g/mol. The molecule has 0 fully saturated rings. The molecule has 1 aliphatic heterocycles. The quantitative estimate of drug-likeness (QED) is 0.840. The molecule has 0 spiro atoms. The van der Waals surface area contributed by atoms with Gasteiger partial charge in [0.1, 0.15) is 12.7 Å². The molecule has 0 saturated carbocycles. The van der Waals surface area contributed by atoms with Gasteiger partial charge in [0.25, 0.3) is 5.91 Å². The molecule has 6 nitrogen and oxygen atoms in total. The molecule has 3 rings (SSSR count). The Morgan fingerprint density at radius 1 is 1.23 bits per heavy atom. The van der Waals surface area contributed by atoms with Crippen molar-refractivity contribution in [1.29, 1.82) is 0 Å². The van der Waals surface area contributed by atoms with Crippen molar-refractivity contribution in [1.82, 2.24) is 10.6 Å². The zero-order chi connectivity index (χ0) is 15.4. The van der Waals surface area contributed by atoms with Gasteiger partial charge in [0.2, 0.25) is 0 Å². The smallest absolute Gasteiger partial charge is 0.293 e. The van der Waals surface area contributed by atoms with Crippen LogP contribution >= 0.6 is 12.2 Å². The van der Waals surface area contributed by atoms with Crippen molar-refractivity contribution in [3.05, 3.63) is 48.4 Å². The van der Waals surface area contributed by atoms with Gasteiger partial charge in [-0.25, -0.2) is 0 Å². The molecule has 0 aliphatic carbocycles. The van der Waals surface area contributed by atoms with Crippen LogP contribution in [0.25, 0.3) is 0 Å². The third-order valence-electron chi connectivity index (χ3n) is 3.03. The van der Waals surface area contributed by atoms with E-state index in [1.807, 2.05) is 24.3 Å². The molecule has 7 heteroatoms. The standard InChI is InChI=1S/C15H14N2O4S/c18-14(13-6-3-7-19-13)17-15(22)16-8-10-9-20-11-4-1-2-5-12(11)21-10/h1-7,10H,8-9H2,(H2,16,17,18,22)/t10-/m0/s1. The molecule has 2 heterocycles. The van der Waals surface area contributed by atoms with Crippen LogP contribution in [-0.4, -0.2) is 30.3 Å². The predicted molar refractivity (Wildman–Crippen MR) is 83.1 cm³/mol. The Labute approximate surface area is 132 Å². The molecule has 1 aliphatic rings. The first kappa shape index (κ1) is 14.4. The van der Waals surface area contributed by atoms with E-state index in [1.54, 1.807) is 12.1 Å². The summed E-state index contributed by atoms with van der Waals surface area (Å²) in [7, 11) is 0. The Kier molecular flexibility index (Phi) is 4.24. The molecule has 114 valence electrons. The molecule has 0 bridgehead atoms. The summed E-state index contributed by atoms with van der Waals surface area (Å²) in [6, 6.07) is 10.7. The van der Waals surface area contributed by atoms with Gasteiger partial charge in [0.05, 0.1) is 12.8 Å². The number of hydrogen-bond acceptors (Lipinski definition) is 5. The second-order valence-corrected chi connectivity index (χ2v) is 5.05. The van der Waals surface area contributed by atoms with Crippen LogP contribution in [0.2, 0.25) is 0 Å². The highest BCUT2D eigenvalue weighted by atomic mass is 32.1. The number of nitrogens with one attached hydrogen (secondary N) is 2. The van der Waals surface area contributed by atoms with E-state index in [0.717, 1.165) is 5.75 Å². The number of carbonyl (C=O) groups excluding carboxylic acids is 1. The van der Waals surface area contributed by atoms with E-state index in [0.29, 0.717) is 18.9 Å². The van der Waals surface area contributed by atoms with Crippen LogP contribution in [0.1, 0.15) is 10.6 Å². The van der Waals surface area contributed by atoms with E-state index in [-0.39, 0.29) is 17.0 Å². The number of para-hydroxylation sites is 2. The van der Waals surface area contributed by atoms with E-state index >= 15 is 0 Å². The highest BCUT2D eigenvalue weighted by Crippen LogP contribution is 2.30. The van der Waals surface area contributed by atoms with E-state index < -0.39 is 5.91 Å². The Morgan fingerprint density at radius 2 is 2.05 bits per heavy atom. The van der Waals surface area contributed by atoms with Gasteiger partial charge >= 0.3 is 0 Å². The summed E-state index contributed by atoms with van der Waals surface area (Å²) >= 11 is 5.07. The molecular formula is C15H14N2O4S. The van der Waals surface area contributed by atoms with Gasteiger partial charge in [-0.3, -0.25) is 10.1 Å². The Morgan fingerprint density at radius 3 is 2.82 bits per heavy atom. The van der Waals surface area contributed by atoms with E-state index in [2.05, 4.69) is 10.6 Å². The molecule has 1 amide bonds. The van der Waals surface area contributed by atoms with Crippen molar-refractivity contribution in [2.75, 3.05) is 13.2 Å². The van der Waals surface area contributed by atoms with Crippen molar-refractivity contribution in [2.24, 2.45) is 0 Å². The third kappa shape index (κ3) is 3.37. The Hall–Kier alpha value is -2.54. The number of amides is 1. The number of carbonyl (C=O) groups is 1. The molecule has 22 heavy (non-hydrogen) atoms. The lowest BCUT2D eigenvalue weighted by Crippen LogP contribution is -2.45. The maximum atomic E-state index is 11.7. The molecule has 0 unspecified atom stereocenters. The summed E-state index contributed by atoms with van der Waals surface area (Å²) in [5.74, 6) is 1.24. The van der Waals surface area contributed by atoms with E-state index in [1.165, 1.54) is 6.26 Å². The second-order valence-electron chi connectivity index (χ2n) is 4.64. The lowest BCUT2D eigenvalue weighted by molar-refractivity contribution is 0.0921. The molecule has 1 aromatic carbocycles. The molecular weight excluding hydrogens is 304 g/mol. The average molecular weight is 318 g/mol. The zero-order valence-corrected chi connectivity index (χ0v) is 12.4. The first-order valence-corrected chi connectivity index (χ1v) is 7.14. The van der Waals surface area contributed by atoms with Crippen molar-refractivity contribution in [3.8, 4) is 11.5 Å². The highest BCUT2D eigenvalue weighted by Gasteiger charge is 2.21. The van der Waals surface area contributed by atoms with Crippen LogP contribution in [0.5, 0.6) is 11.5 Å². The number of rotatable bonds is 3. The molecule has 1 aromatic heterocycles. The molecule has 0 radical (unpaired) electrons. The third-order valence-corrected chi connectivity index (χ3v) is 3.28. The lowest BCUT2D eigenvalue weighted by Gasteiger charge is -2.26. The van der Waals surface area contributed by atoms with Gasteiger partial charge < -0.3 is 19.2 Å². The van der Waals surface area contributed by atoms with Gasteiger partial charge in [-0.05, 0) is 36.5 Å². The van der Waals surface area contributed by atoms with Crippen LogP contribution in [0, 0.1) is 0 Å². The molecule has 2 aromatic rings. The number of hydrogen-bond donors (Lipinski definition) is 2. The predicted octanol–water partition coefficient (Wildman–Crippen LogP) is 1.72. The topological polar surface area (TPSA) is 72.7 Å². The Balaban J connectivity index is 1.47.